The number of alkyl halides is 3. The summed E-state index contributed by atoms with van der Waals surface area (Å²) in [6.07, 6.45) is -2.33. The van der Waals surface area contributed by atoms with Crippen molar-refractivity contribution in [1.82, 2.24) is 4.90 Å². The van der Waals surface area contributed by atoms with Crippen LogP contribution in [-0.2, 0) is 4.74 Å². The molecule has 1 rings (SSSR count). The summed E-state index contributed by atoms with van der Waals surface area (Å²) in [5.74, 6) is 0.517. The quantitative estimate of drug-likeness (QED) is 0.782. The highest BCUT2D eigenvalue weighted by Crippen LogP contribution is 2.17. The number of likely N-dealkylation sites (tertiary alicyclic amines) is 1. The highest BCUT2D eigenvalue weighted by molar-refractivity contribution is 4.71. The fraction of sp³-hybridized carbons (Fsp3) is 1.00. The third-order valence-corrected chi connectivity index (χ3v) is 2.58. The van der Waals surface area contributed by atoms with E-state index < -0.39 is 12.8 Å². The Morgan fingerprint density at radius 1 is 1.27 bits per heavy atom. The Balaban J connectivity index is 2.09. The molecular weight excluding hydrogens is 209 g/mol. The van der Waals surface area contributed by atoms with Crippen molar-refractivity contribution >= 4 is 0 Å². The number of halogens is 3. The minimum absolute atomic E-state index is 0.0663. The van der Waals surface area contributed by atoms with E-state index in [0.717, 1.165) is 25.9 Å². The summed E-state index contributed by atoms with van der Waals surface area (Å²) in [5, 5.41) is 0. The first-order valence-corrected chi connectivity index (χ1v) is 5.08. The molecule has 0 amide bonds. The largest absolute Gasteiger partial charge is 0.411 e. The molecule has 1 saturated heterocycles. The standard InChI is InChI=1S/C9H17F3N2O/c10-9(11,12)6-15-7-14-3-1-8(5-13)2-4-14/h8H,1-7,13H2. The number of nitrogens with zero attached hydrogens (tertiary/aromatic N) is 1. The van der Waals surface area contributed by atoms with Crippen molar-refractivity contribution in [3.8, 4) is 0 Å². The molecule has 2 N–H and O–H groups in total. The van der Waals surface area contributed by atoms with Gasteiger partial charge in [0.05, 0.1) is 6.73 Å². The van der Waals surface area contributed by atoms with Crippen molar-refractivity contribution in [2.75, 3.05) is 33.0 Å². The molecule has 0 saturated carbocycles. The van der Waals surface area contributed by atoms with Crippen LogP contribution in [0, 0.1) is 5.92 Å². The lowest BCUT2D eigenvalue weighted by atomic mass is 9.98. The second-order valence-electron chi connectivity index (χ2n) is 3.89. The van der Waals surface area contributed by atoms with Gasteiger partial charge in [0, 0.05) is 13.1 Å². The Morgan fingerprint density at radius 2 is 1.87 bits per heavy atom. The summed E-state index contributed by atoms with van der Waals surface area (Å²) >= 11 is 0. The van der Waals surface area contributed by atoms with Crippen molar-refractivity contribution in [1.29, 1.82) is 0 Å². The van der Waals surface area contributed by atoms with Gasteiger partial charge in [0.25, 0.3) is 0 Å². The fourth-order valence-corrected chi connectivity index (χ4v) is 1.64. The summed E-state index contributed by atoms with van der Waals surface area (Å²) in [5.41, 5.74) is 5.51. The van der Waals surface area contributed by atoms with Gasteiger partial charge in [0.1, 0.15) is 6.61 Å². The number of rotatable bonds is 4. The predicted octanol–water partition coefficient (Wildman–Crippen LogP) is 1.19. The summed E-state index contributed by atoms with van der Waals surface area (Å²) in [6, 6.07) is 0. The molecular formula is C9H17F3N2O. The lowest BCUT2D eigenvalue weighted by molar-refractivity contribution is -0.184. The second-order valence-corrected chi connectivity index (χ2v) is 3.89. The second kappa shape index (κ2) is 5.67. The molecule has 0 atom stereocenters. The molecule has 1 fully saturated rings. The molecule has 3 nitrogen and oxygen atoms in total. The van der Waals surface area contributed by atoms with Crippen LogP contribution in [0.3, 0.4) is 0 Å². The Hall–Kier alpha value is -0.330. The number of piperidine rings is 1. The van der Waals surface area contributed by atoms with Gasteiger partial charge in [-0.2, -0.15) is 13.2 Å². The number of ether oxygens (including phenoxy) is 1. The minimum Gasteiger partial charge on any atom is -0.357 e. The smallest absolute Gasteiger partial charge is 0.357 e. The van der Waals surface area contributed by atoms with E-state index in [9.17, 15) is 13.2 Å². The van der Waals surface area contributed by atoms with Gasteiger partial charge in [0.15, 0.2) is 0 Å². The fourth-order valence-electron chi connectivity index (χ4n) is 1.64. The van der Waals surface area contributed by atoms with Gasteiger partial charge >= 0.3 is 6.18 Å². The third kappa shape index (κ3) is 5.34. The molecule has 0 aromatic carbocycles. The molecule has 0 aromatic rings. The van der Waals surface area contributed by atoms with Crippen LogP contribution in [0.5, 0.6) is 0 Å². The van der Waals surface area contributed by atoms with Gasteiger partial charge in [0.2, 0.25) is 0 Å². The van der Waals surface area contributed by atoms with Gasteiger partial charge in [-0.25, -0.2) is 0 Å². The summed E-state index contributed by atoms with van der Waals surface area (Å²) < 4.78 is 39.9. The topological polar surface area (TPSA) is 38.5 Å². The maximum Gasteiger partial charge on any atom is 0.411 e. The predicted molar refractivity (Wildman–Crippen MR) is 50.2 cm³/mol. The maximum atomic E-state index is 11.8. The molecule has 0 spiro atoms. The van der Waals surface area contributed by atoms with Crippen LogP contribution in [0.1, 0.15) is 12.8 Å². The SMILES string of the molecule is NCC1CCN(COCC(F)(F)F)CC1. The van der Waals surface area contributed by atoms with E-state index in [0.29, 0.717) is 12.5 Å². The Labute approximate surface area is 87.4 Å². The van der Waals surface area contributed by atoms with E-state index in [1.165, 1.54) is 0 Å². The minimum atomic E-state index is -4.23. The van der Waals surface area contributed by atoms with Gasteiger partial charge < -0.3 is 10.5 Å². The van der Waals surface area contributed by atoms with Crippen LogP contribution in [0.4, 0.5) is 13.2 Å². The zero-order valence-electron chi connectivity index (χ0n) is 8.59. The number of nitrogens with two attached hydrogens (primary N) is 1. The van der Waals surface area contributed by atoms with Crippen LogP contribution in [-0.4, -0.2) is 44.0 Å². The van der Waals surface area contributed by atoms with Crippen molar-refractivity contribution in [3.63, 3.8) is 0 Å². The average Bonchev–Trinajstić information content (AvgIpc) is 2.17. The first-order chi connectivity index (χ1) is 7.01. The number of hydrogen-bond donors (Lipinski definition) is 1. The molecule has 6 heteroatoms. The summed E-state index contributed by atoms with van der Waals surface area (Å²) in [7, 11) is 0. The lowest BCUT2D eigenvalue weighted by Crippen LogP contribution is -2.38. The van der Waals surface area contributed by atoms with E-state index >= 15 is 0 Å². The molecule has 0 unspecified atom stereocenters. The molecule has 0 bridgehead atoms. The van der Waals surface area contributed by atoms with Crippen LogP contribution < -0.4 is 5.73 Å². The highest BCUT2D eigenvalue weighted by Gasteiger charge is 2.28. The molecule has 90 valence electrons. The van der Waals surface area contributed by atoms with E-state index in [1.807, 2.05) is 4.90 Å². The van der Waals surface area contributed by atoms with Crippen molar-refractivity contribution < 1.29 is 17.9 Å². The van der Waals surface area contributed by atoms with Crippen LogP contribution >= 0.6 is 0 Å². The van der Waals surface area contributed by atoms with Crippen LogP contribution in [0.25, 0.3) is 0 Å². The van der Waals surface area contributed by atoms with Crippen LogP contribution in [0.2, 0.25) is 0 Å². The lowest BCUT2D eigenvalue weighted by Gasteiger charge is -2.30. The highest BCUT2D eigenvalue weighted by atomic mass is 19.4. The zero-order valence-corrected chi connectivity index (χ0v) is 8.59. The monoisotopic (exact) mass is 226 g/mol. The van der Waals surface area contributed by atoms with Gasteiger partial charge in [-0.05, 0) is 25.3 Å². The van der Waals surface area contributed by atoms with Crippen molar-refractivity contribution in [2.24, 2.45) is 11.7 Å². The maximum absolute atomic E-state index is 11.8. The molecule has 1 aliphatic heterocycles. The Morgan fingerprint density at radius 3 is 2.33 bits per heavy atom. The average molecular weight is 226 g/mol. The van der Waals surface area contributed by atoms with Crippen molar-refractivity contribution in [2.45, 2.75) is 19.0 Å². The van der Waals surface area contributed by atoms with E-state index in [-0.39, 0.29) is 6.73 Å². The Bertz CT molecular complexity index is 179. The first-order valence-electron chi connectivity index (χ1n) is 5.08. The molecule has 0 radical (unpaired) electrons. The van der Waals surface area contributed by atoms with Crippen LogP contribution in [0.15, 0.2) is 0 Å². The van der Waals surface area contributed by atoms with E-state index in [2.05, 4.69) is 4.74 Å². The summed E-state index contributed by atoms with van der Waals surface area (Å²) in [6.45, 7) is 1.12. The molecule has 0 aliphatic carbocycles. The van der Waals surface area contributed by atoms with E-state index in [1.54, 1.807) is 0 Å². The number of hydrogen-bond acceptors (Lipinski definition) is 3. The van der Waals surface area contributed by atoms with Gasteiger partial charge in [-0.3, -0.25) is 4.90 Å². The van der Waals surface area contributed by atoms with Crippen molar-refractivity contribution in [3.05, 3.63) is 0 Å². The van der Waals surface area contributed by atoms with E-state index in [4.69, 9.17) is 5.73 Å². The van der Waals surface area contributed by atoms with Gasteiger partial charge in [-0.15, -0.1) is 0 Å². The summed E-state index contributed by atoms with van der Waals surface area (Å²) in [4.78, 5) is 1.89. The molecule has 0 aromatic heterocycles. The first kappa shape index (κ1) is 12.7. The Kier molecular flexibility index (Phi) is 4.82. The zero-order chi connectivity index (χ0) is 11.3. The molecule has 1 heterocycles. The molecule has 1 aliphatic rings. The third-order valence-electron chi connectivity index (χ3n) is 2.58. The van der Waals surface area contributed by atoms with Gasteiger partial charge in [-0.1, -0.05) is 0 Å². The normalized spacial score (nSPS) is 20.8. The molecule has 15 heavy (non-hydrogen) atoms.